The molecule has 0 amide bonds. The molecule has 2 rings (SSSR count). The number of aliphatic hydroxyl groups is 1. The monoisotopic (exact) mass is 180 g/mol. The zero-order valence-electron chi connectivity index (χ0n) is 7.98. The third kappa shape index (κ3) is 1.45. The van der Waals surface area contributed by atoms with Gasteiger partial charge in [0.15, 0.2) is 0 Å². The van der Waals surface area contributed by atoms with Crippen LogP contribution in [0.25, 0.3) is 0 Å². The summed E-state index contributed by atoms with van der Waals surface area (Å²) >= 11 is 0. The molecule has 72 valence electrons. The van der Waals surface area contributed by atoms with Crippen LogP contribution in [0.1, 0.15) is 32.6 Å². The number of hydrogen-bond donors (Lipinski definition) is 1. The number of piperidine rings is 1. The molecule has 0 aromatic heterocycles. The fourth-order valence-corrected chi connectivity index (χ4v) is 2.88. The minimum atomic E-state index is -0.125. The maximum Gasteiger partial charge on any atom is 0.0954 e. The molecule has 2 bridgehead atoms. The second-order valence-corrected chi connectivity index (χ2v) is 4.26. The van der Waals surface area contributed by atoms with E-state index in [1.807, 2.05) is 6.92 Å². The fourth-order valence-electron chi connectivity index (χ4n) is 2.88. The molecule has 2 saturated heterocycles. The SMILES string of the molecule is CC(C#N)N1C2CCC1CC(O)C2. The number of nitriles is 1. The Hall–Kier alpha value is -0.590. The molecule has 0 saturated carbocycles. The van der Waals surface area contributed by atoms with Gasteiger partial charge in [-0.15, -0.1) is 0 Å². The molecule has 2 aliphatic heterocycles. The number of hydrogen-bond acceptors (Lipinski definition) is 3. The van der Waals surface area contributed by atoms with Crippen molar-refractivity contribution in [2.75, 3.05) is 0 Å². The third-order valence-electron chi connectivity index (χ3n) is 3.40. The Kier molecular flexibility index (Phi) is 2.27. The average Bonchev–Trinajstić information content (AvgIpc) is 2.37. The summed E-state index contributed by atoms with van der Waals surface area (Å²) in [6.45, 7) is 1.96. The standard InChI is InChI=1S/C10H16N2O/c1-7(6-11)12-8-2-3-9(12)5-10(13)4-8/h7-10,13H,2-5H2,1H3. The van der Waals surface area contributed by atoms with Gasteiger partial charge in [-0.2, -0.15) is 5.26 Å². The summed E-state index contributed by atoms with van der Waals surface area (Å²) in [6, 6.07) is 3.24. The van der Waals surface area contributed by atoms with Crippen molar-refractivity contribution in [3.05, 3.63) is 0 Å². The molecule has 3 unspecified atom stereocenters. The van der Waals surface area contributed by atoms with E-state index < -0.39 is 0 Å². The number of fused-ring (bicyclic) bond motifs is 2. The first-order chi connectivity index (χ1) is 6.22. The molecule has 0 aromatic rings. The summed E-state index contributed by atoms with van der Waals surface area (Å²) in [5.74, 6) is 0. The van der Waals surface area contributed by atoms with E-state index in [0.717, 1.165) is 25.7 Å². The van der Waals surface area contributed by atoms with E-state index in [9.17, 15) is 5.11 Å². The highest BCUT2D eigenvalue weighted by Crippen LogP contribution is 2.36. The van der Waals surface area contributed by atoms with Gasteiger partial charge < -0.3 is 5.11 Å². The molecular weight excluding hydrogens is 164 g/mol. The van der Waals surface area contributed by atoms with Crippen LogP contribution in [-0.2, 0) is 0 Å². The van der Waals surface area contributed by atoms with Gasteiger partial charge >= 0.3 is 0 Å². The molecular formula is C10H16N2O. The van der Waals surface area contributed by atoms with Crippen LogP contribution >= 0.6 is 0 Å². The van der Waals surface area contributed by atoms with Gasteiger partial charge in [0.25, 0.3) is 0 Å². The lowest BCUT2D eigenvalue weighted by molar-refractivity contribution is 0.0260. The highest BCUT2D eigenvalue weighted by Gasteiger charge is 2.42. The minimum absolute atomic E-state index is 0.0185. The third-order valence-corrected chi connectivity index (χ3v) is 3.40. The summed E-state index contributed by atoms with van der Waals surface area (Å²) in [7, 11) is 0. The molecule has 1 N–H and O–H groups in total. The van der Waals surface area contributed by atoms with E-state index >= 15 is 0 Å². The van der Waals surface area contributed by atoms with Gasteiger partial charge in [-0.3, -0.25) is 4.90 Å². The van der Waals surface area contributed by atoms with Gasteiger partial charge in [0.05, 0.1) is 18.2 Å². The Labute approximate surface area is 79.0 Å². The van der Waals surface area contributed by atoms with Crippen LogP contribution in [0, 0.1) is 11.3 Å². The second-order valence-electron chi connectivity index (χ2n) is 4.26. The molecule has 3 nitrogen and oxygen atoms in total. The van der Waals surface area contributed by atoms with Gasteiger partial charge in [-0.1, -0.05) is 0 Å². The predicted molar refractivity (Wildman–Crippen MR) is 49.0 cm³/mol. The average molecular weight is 180 g/mol. The first-order valence-electron chi connectivity index (χ1n) is 5.07. The van der Waals surface area contributed by atoms with Crippen LogP contribution in [-0.4, -0.2) is 34.2 Å². The van der Waals surface area contributed by atoms with Crippen molar-refractivity contribution in [3.63, 3.8) is 0 Å². The normalized spacial score (nSPS) is 41.5. The maximum atomic E-state index is 9.55. The maximum absolute atomic E-state index is 9.55. The summed E-state index contributed by atoms with van der Waals surface area (Å²) in [6.07, 6.45) is 3.92. The number of aliphatic hydroxyl groups excluding tert-OH is 1. The van der Waals surface area contributed by atoms with Crippen LogP contribution < -0.4 is 0 Å². The Morgan fingerprint density at radius 1 is 1.38 bits per heavy atom. The molecule has 2 aliphatic rings. The van der Waals surface area contributed by atoms with Gasteiger partial charge in [-0.05, 0) is 32.6 Å². The Balaban J connectivity index is 2.11. The van der Waals surface area contributed by atoms with Crippen LogP contribution in [0.5, 0.6) is 0 Å². The van der Waals surface area contributed by atoms with Crippen LogP contribution in [0.15, 0.2) is 0 Å². The van der Waals surface area contributed by atoms with E-state index in [1.54, 1.807) is 0 Å². The van der Waals surface area contributed by atoms with E-state index in [0.29, 0.717) is 12.1 Å². The lowest BCUT2D eigenvalue weighted by Crippen LogP contribution is -2.48. The van der Waals surface area contributed by atoms with Gasteiger partial charge in [0, 0.05) is 12.1 Å². The van der Waals surface area contributed by atoms with E-state index in [1.165, 1.54) is 0 Å². The Bertz CT molecular complexity index is 222. The highest BCUT2D eigenvalue weighted by atomic mass is 16.3. The minimum Gasteiger partial charge on any atom is -0.393 e. The topological polar surface area (TPSA) is 47.3 Å². The molecule has 0 aromatic carbocycles. The van der Waals surface area contributed by atoms with Crippen molar-refractivity contribution in [3.8, 4) is 6.07 Å². The van der Waals surface area contributed by atoms with E-state index in [2.05, 4.69) is 11.0 Å². The molecule has 3 heteroatoms. The van der Waals surface area contributed by atoms with Crippen molar-refractivity contribution in [2.45, 2.75) is 56.8 Å². The molecule has 13 heavy (non-hydrogen) atoms. The van der Waals surface area contributed by atoms with Gasteiger partial charge in [-0.25, -0.2) is 0 Å². The molecule has 2 fully saturated rings. The van der Waals surface area contributed by atoms with Crippen LogP contribution in [0.4, 0.5) is 0 Å². The first-order valence-corrected chi connectivity index (χ1v) is 5.07. The molecule has 2 heterocycles. The van der Waals surface area contributed by atoms with Crippen LogP contribution in [0.3, 0.4) is 0 Å². The highest BCUT2D eigenvalue weighted by molar-refractivity contribution is 5.02. The molecule has 0 radical (unpaired) electrons. The van der Waals surface area contributed by atoms with E-state index in [4.69, 9.17) is 5.26 Å². The summed E-state index contributed by atoms with van der Waals surface area (Å²) < 4.78 is 0. The zero-order valence-corrected chi connectivity index (χ0v) is 7.98. The van der Waals surface area contributed by atoms with E-state index in [-0.39, 0.29) is 12.1 Å². The summed E-state index contributed by atoms with van der Waals surface area (Å²) in [5.41, 5.74) is 0. The lowest BCUT2D eigenvalue weighted by atomic mass is 9.98. The Morgan fingerprint density at radius 3 is 2.38 bits per heavy atom. The Morgan fingerprint density at radius 2 is 1.92 bits per heavy atom. The quantitative estimate of drug-likeness (QED) is 0.651. The lowest BCUT2D eigenvalue weighted by Gasteiger charge is -2.38. The fraction of sp³-hybridized carbons (Fsp3) is 0.900. The number of rotatable bonds is 1. The van der Waals surface area contributed by atoms with Crippen molar-refractivity contribution < 1.29 is 5.11 Å². The smallest absolute Gasteiger partial charge is 0.0954 e. The van der Waals surface area contributed by atoms with Crippen molar-refractivity contribution in [1.82, 2.24) is 4.90 Å². The molecule has 0 aliphatic carbocycles. The van der Waals surface area contributed by atoms with Gasteiger partial charge in [0.2, 0.25) is 0 Å². The predicted octanol–water partition coefficient (Wildman–Crippen LogP) is 0.886. The van der Waals surface area contributed by atoms with Crippen molar-refractivity contribution in [2.24, 2.45) is 0 Å². The summed E-state index contributed by atoms with van der Waals surface area (Å²) in [4.78, 5) is 2.30. The number of nitrogens with zero attached hydrogens (tertiary/aromatic N) is 2. The summed E-state index contributed by atoms with van der Waals surface area (Å²) in [5, 5.41) is 18.4. The zero-order chi connectivity index (χ0) is 9.42. The van der Waals surface area contributed by atoms with Crippen molar-refractivity contribution >= 4 is 0 Å². The van der Waals surface area contributed by atoms with Gasteiger partial charge in [0.1, 0.15) is 0 Å². The van der Waals surface area contributed by atoms with Crippen molar-refractivity contribution in [1.29, 1.82) is 5.26 Å². The molecule has 3 atom stereocenters. The second kappa shape index (κ2) is 3.28. The largest absolute Gasteiger partial charge is 0.393 e. The van der Waals surface area contributed by atoms with Crippen LogP contribution in [0.2, 0.25) is 0 Å². The molecule has 0 spiro atoms. The first kappa shape index (κ1) is 8.98.